The van der Waals surface area contributed by atoms with Crippen molar-refractivity contribution in [3.8, 4) is 0 Å². The lowest BCUT2D eigenvalue weighted by Crippen LogP contribution is -2.58. The van der Waals surface area contributed by atoms with Gasteiger partial charge in [-0.1, -0.05) is 53.1 Å². The smallest absolute Gasteiger partial charge is 0.145 e. The van der Waals surface area contributed by atoms with Crippen LogP contribution in [0.3, 0.4) is 0 Å². The number of aromatic nitrogens is 1. The van der Waals surface area contributed by atoms with E-state index in [1.807, 2.05) is 6.20 Å². The van der Waals surface area contributed by atoms with Crippen LogP contribution in [0.2, 0.25) is 0 Å². The van der Waals surface area contributed by atoms with E-state index in [1.54, 1.807) is 0 Å². The van der Waals surface area contributed by atoms with Gasteiger partial charge in [-0.05, 0) is 122 Å². The first-order valence-corrected chi connectivity index (χ1v) is 15.1. The molecule has 1 aromatic heterocycles. The van der Waals surface area contributed by atoms with Crippen LogP contribution >= 0.6 is 0 Å². The molecule has 6 rings (SSSR count). The van der Waals surface area contributed by atoms with Crippen molar-refractivity contribution in [2.24, 2.45) is 57.7 Å². The molecular weight excluding hydrogens is 430 g/mol. The van der Waals surface area contributed by atoms with Gasteiger partial charge in [0.05, 0.1) is 6.20 Å². The molecule has 1 N–H and O–H groups in total. The molecule has 0 spiro atoms. The SMILES string of the molecule is CC1C[C@H]1[C@@H]1CC[C@]2(CO)CC[C@@H](C)[C@]3(C)CC[C@H]4C(C)(C)c5oncc5C[C@]4(C)[C@H]3CCC[C@@H]12. The van der Waals surface area contributed by atoms with Crippen molar-refractivity contribution in [2.45, 2.75) is 118 Å². The second-order valence-electron chi connectivity index (χ2n) is 15.3. The molecular formula is C32H51NO2. The summed E-state index contributed by atoms with van der Waals surface area (Å²) in [5.41, 5.74) is 2.32. The summed E-state index contributed by atoms with van der Waals surface area (Å²) in [6, 6.07) is 0. The predicted molar refractivity (Wildman–Crippen MR) is 141 cm³/mol. The summed E-state index contributed by atoms with van der Waals surface area (Å²) in [4.78, 5) is 0. The number of hydrogen-bond donors (Lipinski definition) is 1. The van der Waals surface area contributed by atoms with Gasteiger partial charge in [0.15, 0.2) is 0 Å². The Kier molecular flexibility index (Phi) is 5.66. The van der Waals surface area contributed by atoms with E-state index >= 15 is 0 Å². The van der Waals surface area contributed by atoms with Gasteiger partial charge >= 0.3 is 0 Å². The molecule has 0 amide bonds. The molecule has 3 nitrogen and oxygen atoms in total. The van der Waals surface area contributed by atoms with E-state index in [9.17, 15) is 5.11 Å². The topological polar surface area (TPSA) is 46.3 Å². The number of aliphatic hydroxyl groups excluding tert-OH is 1. The quantitative estimate of drug-likeness (QED) is 0.468. The average molecular weight is 482 g/mol. The van der Waals surface area contributed by atoms with Crippen molar-refractivity contribution < 1.29 is 9.63 Å². The first kappa shape index (κ1) is 24.5. The maximum atomic E-state index is 10.8. The molecule has 196 valence electrons. The van der Waals surface area contributed by atoms with Gasteiger partial charge in [-0.2, -0.15) is 0 Å². The highest BCUT2D eigenvalue weighted by Crippen LogP contribution is 2.68. The lowest BCUT2D eigenvalue weighted by Gasteiger charge is -2.63. The van der Waals surface area contributed by atoms with Gasteiger partial charge in [0.1, 0.15) is 5.76 Å². The molecule has 1 heterocycles. The number of hydrogen-bond acceptors (Lipinski definition) is 3. The van der Waals surface area contributed by atoms with Crippen molar-refractivity contribution >= 4 is 0 Å². The van der Waals surface area contributed by atoms with Crippen LogP contribution in [0.5, 0.6) is 0 Å². The summed E-state index contributed by atoms with van der Waals surface area (Å²) in [7, 11) is 0. The molecule has 4 saturated carbocycles. The Balaban J connectivity index is 1.34. The standard InChI is InChI=1S/C32H51NO2/c1-20-16-24(20)23-11-15-32(19-34)14-10-21(2)30(5)13-12-26-29(3,4)28-22(18-33-35-28)17-31(26,6)27(30)9-7-8-25(23)32/h18,20-21,23-27,34H,7-17,19H2,1-6H3/t20?,21-,23+,24-,25+,26+,27+,30+,31+,32+/m1/s1. The second-order valence-corrected chi connectivity index (χ2v) is 15.3. The van der Waals surface area contributed by atoms with Gasteiger partial charge in [0, 0.05) is 17.6 Å². The first-order chi connectivity index (χ1) is 16.6. The zero-order valence-corrected chi connectivity index (χ0v) is 23.4. The summed E-state index contributed by atoms with van der Waals surface area (Å²) in [6.07, 6.45) is 16.5. The fourth-order valence-corrected chi connectivity index (χ4v) is 11.4. The third kappa shape index (κ3) is 3.41. The minimum atomic E-state index is 0.0589. The molecule has 0 bridgehead atoms. The van der Waals surface area contributed by atoms with Crippen molar-refractivity contribution in [1.29, 1.82) is 0 Å². The van der Waals surface area contributed by atoms with Gasteiger partial charge in [-0.25, -0.2) is 0 Å². The highest BCUT2D eigenvalue weighted by atomic mass is 16.5. The minimum Gasteiger partial charge on any atom is -0.396 e. The third-order valence-electron chi connectivity index (χ3n) is 13.6. The molecule has 0 aliphatic heterocycles. The minimum absolute atomic E-state index is 0.0589. The lowest BCUT2D eigenvalue weighted by molar-refractivity contribution is -0.125. The molecule has 35 heavy (non-hydrogen) atoms. The van der Waals surface area contributed by atoms with E-state index in [0.29, 0.717) is 29.3 Å². The molecule has 5 aliphatic carbocycles. The Labute approximate surface area is 214 Å². The molecule has 0 aromatic carbocycles. The Morgan fingerprint density at radius 2 is 1.66 bits per heavy atom. The number of nitrogens with zero attached hydrogens (tertiary/aromatic N) is 1. The second kappa shape index (κ2) is 8.08. The normalized spacial score (nSPS) is 51.0. The van der Waals surface area contributed by atoms with Gasteiger partial charge in [-0.3, -0.25) is 0 Å². The molecule has 10 atom stereocenters. The van der Waals surface area contributed by atoms with Crippen molar-refractivity contribution in [2.75, 3.05) is 6.61 Å². The fourth-order valence-electron chi connectivity index (χ4n) is 11.4. The summed E-state index contributed by atoms with van der Waals surface area (Å²) in [5, 5.41) is 15.1. The fraction of sp³-hybridized carbons (Fsp3) is 0.906. The number of aliphatic hydroxyl groups is 1. The van der Waals surface area contributed by atoms with Gasteiger partial charge < -0.3 is 9.63 Å². The summed E-state index contributed by atoms with van der Waals surface area (Å²) in [6.45, 7) is 15.6. The molecule has 1 unspecified atom stereocenters. The monoisotopic (exact) mass is 481 g/mol. The van der Waals surface area contributed by atoms with Gasteiger partial charge in [-0.15, -0.1) is 0 Å². The average Bonchev–Trinajstić information content (AvgIpc) is 3.19. The first-order valence-electron chi connectivity index (χ1n) is 15.1. The molecule has 3 heteroatoms. The Hall–Kier alpha value is -0.830. The van der Waals surface area contributed by atoms with E-state index in [2.05, 4.69) is 46.7 Å². The van der Waals surface area contributed by atoms with E-state index in [1.165, 1.54) is 69.8 Å². The van der Waals surface area contributed by atoms with E-state index in [-0.39, 0.29) is 10.8 Å². The summed E-state index contributed by atoms with van der Waals surface area (Å²) >= 11 is 0. The van der Waals surface area contributed by atoms with Crippen molar-refractivity contribution in [1.82, 2.24) is 5.16 Å². The van der Waals surface area contributed by atoms with Crippen molar-refractivity contribution in [3.63, 3.8) is 0 Å². The van der Waals surface area contributed by atoms with Crippen LogP contribution in [0, 0.1) is 57.7 Å². The maximum absolute atomic E-state index is 10.8. The van der Waals surface area contributed by atoms with Crippen LogP contribution in [0.4, 0.5) is 0 Å². The molecule has 0 saturated heterocycles. The molecule has 5 aliphatic rings. The van der Waals surface area contributed by atoms with Crippen LogP contribution in [0.25, 0.3) is 0 Å². The highest BCUT2D eigenvalue weighted by molar-refractivity contribution is 5.31. The van der Waals surface area contributed by atoms with Crippen LogP contribution in [0.1, 0.15) is 117 Å². The number of rotatable bonds is 2. The van der Waals surface area contributed by atoms with Crippen LogP contribution < -0.4 is 0 Å². The highest BCUT2D eigenvalue weighted by Gasteiger charge is 2.62. The Bertz CT molecular complexity index is 951. The van der Waals surface area contributed by atoms with Crippen LogP contribution in [-0.4, -0.2) is 16.9 Å². The Morgan fingerprint density at radius 3 is 2.37 bits per heavy atom. The van der Waals surface area contributed by atoms with E-state index in [0.717, 1.165) is 41.8 Å². The number of fused-ring (bicyclic) bond motifs is 5. The molecule has 4 fully saturated rings. The van der Waals surface area contributed by atoms with E-state index in [4.69, 9.17) is 4.52 Å². The maximum Gasteiger partial charge on any atom is 0.145 e. The molecule has 1 aromatic rings. The largest absolute Gasteiger partial charge is 0.396 e. The van der Waals surface area contributed by atoms with Gasteiger partial charge in [0.2, 0.25) is 0 Å². The van der Waals surface area contributed by atoms with Crippen LogP contribution in [-0.2, 0) is 11.8 Å². The van der Waals surface area contributed by atoms with Gasteiger partial charge in [0.25, 0.3) is 0 Å². The van der Waals surface area contributed by atoms with Crippen LogP contribution in [0.15, 0.2) is 10.7 Å². The Morgan fingerprint density at radius 1 is 0.914 bits per heavy atom. The summed E-state index contributed by atoms with van der Waals surface area (Å²) in [5.74, 6) is 6.77. The zero-order chi connectivity index (χ0) is 24.8. The van der Waals surface area contributed by atoms with Crippen molar-refractivity contribution in [3.05, 3.63) is 17.5 Å². The van der Waals surface area contributed by atoms with E-state index < -0.39 is 0 Å². The summed E-state index contributed by atoms with van der Waals surface area (Å²) < 4.78 is 5.87. The third-order valence-corrected chi connectivity index (χ3v) is 13.6. The predicted octanol–water partition coefficient (Wildman–Crippen LogP) is 7.81. The molecule has 0 radical (unpaired) electrons. The zero-order valence-electron chi connectivity index (χ0n) is 23.4. The lowest BCUT2D eigenvalue weighted by atomic mass is 9.41.